The van der Waals surface area contributed by atoms with E-state index in [-0.39, 0.29) is 12.0 Å². The first-order valence-electron chi connectivity index (χ1n) is 7.28. The van der Waals surface area contributed by atoms with Crippen LogP contribution in [0.15, 0.2) is 54.7 Å². The van der Waals surface area contributed by atoms with E-state index in [1.807, 2.05) is 53.6 Å². The van der Waals surface area contributed by atoms with Crippen molar-refractivity contribution in [3.8, 4) is 0 Å². The Bertz CT molecular complexity index is 618. The molecule has 2 atom stereocenters. The number of esters is 1. The number of aromatic nitrogens is 1. The monoisotopic (exact) mass is 298 g/mol. The van der Waals surface area contributed by atoms with E-state index in [0.29, 0.717) is 13.0 Å². The summed E-state index contributed by atoms with van der Waals surface area (Å²) in [6, 6.07) is 15.8. The summed E-state index contributed by atoms with van der Waals surface area (Å²) in [5.74, 6) is -0.341. The molecule has 0 radical (unpaired) electrons. The summed E-state index contributed by atoms with van der Waals surface area (Å²) in [5, 5.41) is 1.84. The highest BCUT2D eigenvalue weighted by atomic mass is 16.8. The maximum atomic E-state index is 11.2. The molecule has 0 spiro atoms. The lowest BCUT2D eigenvalue weighted by molar-refractivity contribution is -0.240. The summed E-state index contributed by atoms with van der Waals surface area (Å²) in [6.07, 6.45) is 1.77. The second-order valence-corrected chi connectivity index (χ2v) is 5.21. The van der Waals surface area contributed by atoms with Gasteiger partial charge in [-0.05, 0) is 17.7 Å². The molecule has 2 aromatic rings. The molecular weight excluding hydrogens is 280 g/mol. The zero-order valence-corrected chi connectivity index (χ0v) is 12.4. The zero-order chi connectivity index (χ0) is 15.4. The van der Waals surface area contributed by atoms with Gasteiger partial charge in [0.2, 0.25) is 6.29 Å². The summed E-state index contributed by atoms with van der Waals surface area (Å²) in [4.78, 5) is 21.4. The van der Waals surface area contributed by atoms with Crippen LogP contribution in [0.5, 0.6) is 0 Å². The number of carbonyl (C=O) groups excluding carboxylic acids is 1. The van der Waals surface area contributed by atoms with E-state index in [1.54, 1.807) is 6.20 Å². The van der Waals surface area contributed by atoms with E-state index in [4.69, 9.17) is 9.57 Å². The molecule has 0 N–H and O–H groups in total. The largest absolute Gasteiger partial charge is 0.434 e. The smallest absolute Gasteiger partial charge is 0.304 e. The van der Waals surface area contributed by atoms with Crippen LogP contribution in [0.2, 0.25) is 0 Å². The number of rotatable bonds is 4. The lowest BCUT2D eigenvalue weighted by Gasteiger charge is -2.21. The summed E-state index contributed by atoms with van der Waals surface area (Å²) < 4.78 is 5.20. The van der Waals surface area contributed by atoms with Crippen LogP contribution < -0.4 is 0 Å². The molecule has 1 aromatic heterocycles. The summed E-state index contributed by atoms with van der Waals surface area (Å²) in [6.45, 7) is 2.00. The minimum absolute atomic E-state index is 0.0363. The first-order chi connectivity index (χ1) is 10.7. The average Bonchev–Trinajstić information content (AvgIpc) is 2.91. The van der Waals surface area contributed by atoms with Crippen LogP contribution in [-0.4, -0.2) is 22.3 Å². The fourth-order valence-electron chi connectivity index (χ4n) is 2.57. The molecule has 5 nitrogen and oxygen atoms in total. The molecule has 1 saturated heterocycles. The number of benzene rings is 1. The number of hydrogen-bond donors (Lipinski definition) is 0. The van der Waals surface area contributed by atoms with Gasteiger partial charge < -0.3 is 4.74 Å². The van der Waals surface area contributed by atoms with Gasteiger partial charge in [-0.25, -0.2) is 0 Å². The van der Waals surface area contributed by atoms with Crippen LogP contribution in [-0.2, 0) is 20.9 Å². The van der Waals surface area contributed by atoms with Crippen LogP contribution in [0, 0.1) is 0 Å². The first-order valence-corrected chi connectivity index (χ1v) is 7.28. The van der Waals surface area contributed by atoms with Crippen LogP contribution in [0.1, 0.15) is 30.6 Å². The van der Waals surface area contributed by atoms with Crippen molar-refractivity contribution in [2.24, 2.45) is 0 Å². The van der Waals surface area contributed by atoms with Crippen molar-refractivity contribution in [3.63, 3.8) is 0 Å². The van der Waals surface area contributed by atoms with Gasteiger partial charge >= 0.3 is 5.97 Å². The van der Waals surface area contributed by atoms with Crippen LogP contribution in [0.4, 0.5) is 0 Å². The minimum Gasteiger partial charge on any atom is -0.434 e. The highest BCUT2D eigenvalue weighted by molar-refractivity contribution is 5.66. The van der Waals surface area contributed by atoms with Crippen molar-refractivity contribution >= 4 is 5.97 Å². The van der Waals surface area contributed by atoms with E-state index in [1.165, 1.54) is 6.92 Å². The zero-order valence-electron chi connectivity index (χ0n) is 12.4. The highest BCUT2D eigenvalue weighted by Crippen LogP contribution is 2.34. The molecule has 3 rings (SSSR count). The fraction of sp³-hybridized carbons (Fsp3) is 0.294. The quantitative estimate of drug-likeness (QED) is 0.812. The van der Waals surface area contributed by atoms with Crippen molar-refractivity contribution in [1.29, 1.82) is 0 Å². The van der Waals surface area contributed by atoms with Crippen molar-refractivity contribution in [2.75, 3.05) is 0 Å². The van der Waals surface area contributed by atoms with E-state index in [0.717, 1.165) is 11.3 Å². The van der Waals surface area contributed by atoms with Crippen LogP contribution in [0.3, 0.4) is 0 Å². The minimum atomic E-state index is -0.562. The standard InChI is InChI=1S/C17H18N2O3/c1-13(20)21-17-11-16(15-9-5-6-10-18-15)19(22-17)12-14-7-3-2-4-8-14/h2-10,16-17H,11-12H2,1H3/t16-,17+/m1/s1. The Kier molecular flexibility index (Phi) is 4.46. The predicted molar refractivity (Wildman–Crippen MR) is 80.2 cm³/mol. The average molecular weight is 298 g/mol. The van der Waals surface area contributed by atoms with Gasteiger partial charge in [-0.15, -0.1) is 0 Å². The Morgan fingerprint density at radius 2 is 2.05 bits per heavy atom. The maximum Gasteiger partial charge on any atom is 0.304 e. The summed E-state index contributed by atoms with van der Waals surface area (Å²) >= 11 is 0. The molecule has 1 fully saturated rings. The number of carbonyl (C=O) groups is 1. The Labute approximate surface area is 129 Å². The van der Waals surface area contributed by atoms with Crippen molar-refractivity contribution in [3.05, 3.63) is 66.0 Å². The third-order valence-electron chi connectivity index (χ3n) is 3.52. The van der Waals surface area contributed by atoms with Gasteiger partial charge in [0, 0.05) is 19.5 Å². The maximum absolute atomic E-state index is 11.2. The molecule has 0 unspecified atom stereocenters. The number of ether oxygens (including phenoxy) is 1. The lowest BCUT2D eigenvalue weighted by Crippen LogP contribution is -2.23. The van der Waals surface area contributed by atoms with Crippen molar-refractivity contribution in [1.82, 2.24) is 10.0 Å². The number of hydrogen-bond acceptors (Lipinski definition) is 5. The van der Waals surface area contributed by atoms with E-state index in [2.05, 4.69) is 4.98 Å². The molecular formula is C17H18N2O3. The SMILES string of the molecule is CC(=O)O[C@@H]1C[C@H](c2ccccn2)N(Cc2ccccc2)O1. The Morgan fingerprint density at radius 1 is 1.27 bits per heavy atom. The number of nitrogens with zero attached hydrogens (tertiary/aromatic N) is 2. The normalized spacial score (nSPS) is 21.7. The first kappa shape index (κ1) is 14.7. The molecule has 2 heterocycles. The van der Waals surface area contributed by atoms with Crippen LogP contribution in [0.25, 0.3) is 0 Å². The molecule has 1 aliphatic heterocycles. The third-order valence-corrected chi connectivity index (χ3v) is 3.52. The molecule has 5 heteroatoms. The molecule has 114 valence electrons. The van der Waals surface area contributed by atoms with Gasteiger partial charge in [0.05, 0.1) is 18.3 Å². The predicted octanol–water partition coefficient (Wildman–Crippen LogP) is 2.85. The molecule has 0 saturated carbocycles. The molecule has 0 bridgehead atoms. The Hall–Kier alpha value is -2.24. The Balaban J connectivity index is 1.79. The van der Waals surface area contributed by atoms with Gasteiger partial charge in [-0.1, -0.05) is 36.4 Å². The molecule has 0 aliphatic carbocycles. The van der Waals surface area contributed by atoms with Gasteiger partial charge in [0.1, 0.15) is 0 Å². The van der Waals surface area contributed by atoms with E-state index >= 15 is 0 Å². The topological polar surface area (TPSA) is 51.7 Å². The van der Waals surface area contributed by atoms with E-state index < -0.39 is 6.29 Å². The van der Waals surface area contributed by atoms with Gasteiger partial charge in [-0.2, -0.15) is 5.06 Å². The number of pyridine rings is 1. The summed E-state index contributed by atoms with van der Waals surface area (Å²) in [5.41, 5.74) is 2.04. The molecule has 22 heavy (non-hydrogen) atoms. The lowest BCUT2D eigenvalue weighted by atomic mass is 10.1. The molecule has 0 amide bonds. The second kappa shape index (κ2) is 6.68. The van der Waals surface area contributed by atoms with Gasteiger partial charge in [-0.3, -0.25) is 14.6 Å². The second-order valence-electron chi connectivity index (χ2n) is 5.21. The van der Waals surface area contributed by atoms with Gasteiger partial charge in [0.25, 0.3) is 0 Å². The molecule has 1 aromatic carbocycles. The van der Waals surface area contributed by atoms with Gasteiger partial charge in [0.15, 0.2) is 0 Å². The molecule has 1 aliphatic rings. The third kappa shape index (κ3) is 3.50. The van der Waals surface area contributed by atoms with Crippen LogP contribution >= 0.6 is 0 Å². The Morgan fingerprint density at radius 3 is 2.73 bits per heavy atom. The fourth-order valence-corrected chi connectivity index (χ4v) is 2.57. The van der Waals surface area contributed by atoms with Crippen molar-refractivity contribution in [2.45, 2.75) is 32.2 Å². The van der Waals surface area contributed by atoms with Crippen molar-refractivity contribution < 1.29 is 14.4 Å². The highest BCUT2D eigenvalue weighted by Gasteiger charge is 2.37. The van der Waals surface area contributed by atoms with E-state index in [9.17, 15) is 4.79 Å². The number of hydroxylamine groups is 2. The summed E-state index contributed by atoms with van der Waals surface area (Å²) in [7, 11) is 0.